The minimum Gasteiger partial charge on any atom is -0.490 e. The first-order chi connectivity index (χ1) is 22.3. The van der Waals surface area contributed by atoms with Crippen LogP contribution < -0.4 is 15.6 Å². The Morgan fingerprint density at radius 2 is 1.76 bits per heavy atom. The van der Waals surface area contributed by atoms with Gasteiger partial charge in [-0.15, -0.1) is 0 Å². The standard InChI is InChI=1S/C34H38N6O5S/c1-4-23(5-2)30-20-25-21-36-34(37-26-6-8-27(9-7-26)45-28-12-17-39(3)18-13-28)38-31(25)40(32(30)41)22-24-14-19-44-33(24)46(42,43)29-10-15-35-16-11-29/h6-11,14-16,19-21,23,28H,4-5,12-13,17-18,22H2,1-3H3,(H,36,37,38). The van der Waals surface area contributed by atoms with Crippen LogP contribution in [-0.2, 0) is 16.4 Å². The van der Waals surface area contributed by atoms with Gasteiger partial charge in [-0.25, -0.2) is 13.4 Å². The molecule has 4 aromatic heterocycles. The number of rotatable bonds is 11. The number of nitrogens with one attached hydrogen (secondary N) is 1. The van der Waals surface area contributed by atoms with Crippen LogP contribution in [0, 0.1) is 0 Å². The molecule has 0 radical (unpaired) electrons. The molecule has 5 aromatic rings. The molecule has 240 valence electrons. The Hall–Kier alpha value is -4.55. The lowest BCUT2D eigenvalue weighted by Crippen LogP contribution is -2.35. The quantitative estimate of drug-likeness (QED) is 0.189. The number of ether oxygens (including phenoxy) is 1. The highest BCUT2D eigenvalue weighted by atomic mass is 32.2. The average molecular weight is 643 g/mol. The maximum Gasteiger partial charge on any atom is 0.256 e. The molecule has 12 heteroatoms. The van der Waals surface area contributed by atoms with E-state index in [1.165, 1.54) is 35.4 Å². The highest BCUT2D eigenvalue weighted by Gasteiger charge is 2.27. The Kier molecular flexibility index (Phi) is 9.18. The molecule has 0 spiro atoms. The molecule has 0 bridgehead atoms. The third-order valence-corrected chi connectivity index (χ3v) is 10.3. The van der Waals surface area contributed by atoms with Crippen molar-refractivity contribution < 1.29 is 17.6 Å². The molecule has 0 atom stereocenters. The van der Waals surface area contributed by atoms with Crippen LogP contribution in [-0.4, -0.2) is 59.1 Å². The second kappa shape index (κ2) is 13.4. The Morgan fingerprint density at radius 1 is 1.04 bits per heavy atom. The van der Waals surface area contributed by atoms with Crippen molar-refractivity contribution in [1.29, 1.82) is 0 Å². The molecule has 5 heterocycles. The largest absolute Gasteiger partial charge is 0.490 e. The number of fused-ring (bicyclic) bond motifs is 1. The molecule has 1 fully saturated rings. The van der Waals surface area contributed by atoms with Crippen LogP contribution >= 0.6 is 0 Å². The number of hydrogen-bond donors (Lipinski definition) is 1. The number of piperidine rings is 1. The van der Waals surface area contributed by atoms with E-state index in [2.05, 4.69) is 27.2 Å². The highest BCUT2D eigenvalue weighted by molar-refractivity contribution is 7.91. The van der Waals surface area contributed by atoms with Gasteiger partial charge in [-0.1, -0.05) is 13.8 Å². The average Bonchev–Trinajstić information content (AvgIpc) is 3.55. The Balaban J connectivity index is 1.33. The van der Waals surface area contributed by atoms with E-state index in [4.69, 9.17) is 14.1 Å². The van der Waals surface area contributed by atoms with Gasteiger partial charge in [0.05, 0.1) is 17.7 Å². The van der Waals surface area contributed by atoms with Gasteiger partial charge in [-0.05, 0) is 87.2 Å². The van der Waals surface area contributed by atoms with Crippen LogP contribution in [0.2, 0.25) is 0 Å². The van der Waals surface area contributed by atoms with Crippen molar-refractivity contribution in [2.75, 3.05) is 25.5 Å². The third kappa shape index (κ3) is 6.54. The van der Waals surface area contributed by atoms with Gasteiger partial charge < -0.3 is 19.4 Å². The number of furan rings is 1. The van der Waals surface area contributed by atoms with E-state index in [1.807, 2.05) is 44.2 Å². The molecule has 46 heavy (non-hydrogen) atoms. The van der Waals surface area contributed by atoms with Crippen molar-refractivity contribution in [1.82, 2.24) is 24.4 Å². The van der Waals surface area contributed by atoms with Crippen LogP contribution in [0.25, 0.3) is 11.0 Å². The summed E-state index contributed by atoms with van der Waals surface area (Å²) in [5.41, 5.74) is 1.90. The van der Waals surface area contributed by atoms with Gasteiger partial charge >= 0.3 is 0 Å². The Labute approximate surface area is 268 Å². The summed E-state index contributed by atoms with van der Waals surface area (Å²) in [5.74, 6) is 1.14. The van der Waals surface area contributed by atoms with E-state index in [9.17, 15) is 13.2 Å². The van der Waals surface area contributed by atoms with Gasteiger partial charge in [-0.3, -0.25) is 14.3 Å². The van der Waals surface area contributed by atoms with Crippen LogP contribution in [0.1, 0.15) is 56.6 Å². The van der Waals surface area contributed by atoms with Gasteiger partial charge in [0, 0.05) is 53.9 Å². The van der Waals surface area contributed by atoms with Crippen molar-refractivity contribution in [3.05, 3.63) is 94.9 Å². The molecule has 1 saturated heterocycles. The fourth-order valence-electron chi connectivity index (χ4n) is 5.92. The highest BCUT2D eigenvalue weighted by Crippen LogP contribution is 2.28. The van der Waals surface area contributed by atoms with Gasteiger partial charge in [0.2, 0.25) is 20.9 Å². The number of nitrogens with zero attached hydrogens (tertiary/aromatic N) is 5. The Bertz CT molecular complexity index is 1960. The van der Waals surface area contributed by atoms with Gasteiger partial charge in [0.15, 0.2) is 0 Å². The second-order valence-corrected chi connectivity index (χ2v) is 13.5. The topological polar surface area (TPSA) is 132 Å². The summed E-state index contributed by atoms with van der Waals surface area (Å²) in [7, 11) is -1.87. The number of likely N-dealkylation sites (tertiary alicyclic amines) is 1. The smallest absolute Gasteiger partial charge is 0.256 e. The summed E-state index contributed by atoms with van der Waals surface area (Å²) in [4.78, 5) is 29.6. The van der Waals surface area contributed by atoms with E-state index in [-0.39, 0.29) is 34.1 Å². The monoisotopic (exact) mass is 642 g/mol. The lowest BCUT2D eigenvalue weighted by Gasteiger charge is -2.29. The van der Waals surface area contributed by atoms with E-state index in [0.717, 1.165) is 50.2 Å². The molecule has 1 aromatic carbocycles. The molecule has 0 aliphatic carbocycles. The lowest BCUT2D eigenvalue weighted by molar-refractivity contribution is 0.114. The summed E-state index contributed by atoms with van der Waals surface area (Å²) in [6.45, 7) is 6.09. The van der Waals surface area contributed by atoms with Gasteiger partial charge in [0.1, 0.15) is 17.5 Å². The van der Waals surface area contributed by atoms with E-state index in [1.54, 1.807) is 12.3 Å². The number of benzene rings is 1. The number of pyridine rings is 2. The van der Waals surface area contributed by atoms with Crippen LogP contribution in [0.5, 0.6) is 5.75 Å². The summed E-state index contributed by atoms with van der Waals surface area (Å²) in [6, 6.07) is 13.9. The number of anilines is 2. The summed E-state index contributed by atoms with van der Waals surface area (Å²) < 4.78 is 40.2. The second-order valence-electron chi connectivity index (χ2n) is 11.7. The SMILES string of the molecule is CCC(CC)c1cc2cnc(Nc3ccc(OC4CCN(C)CC4)cc3)nc2n(Cc2ccoc2S(=O)(=O)c2ccncc2)c1=O. The fourth-order valence-corrected chi connectivity index (χ4v) is 7.27. The summed E-state index contributed by atoms with van der Waals surface area (Å²) >= 11 is 0. The maximum atomic E-state index is 14.1. The van der Waals surface area contributed by atoms with E-state index >= 15 is 0 Å². The fraction of sp³-hybridized carbons (Fsp3) is 0.353. The van der Waals surface area contributed by atoms with E-state index < -0.39 is 9.84 Å². The predicted molar refractivity (Wildman–Crippen MR) is 175 cm³/mol. The molecule has 0 unspecified atom stereocenters. The third-order valence-electron chi connectivity index (χ3n) is 8.60. The first kappa shape index (κ1) is 31.4. The van der Waals surface area contributed by atoms with Crippen molar-refractivity contribution in [2.24, 2.45) is 0 Å². The van der Waals surface area contributed by atoms with Crippen LogP contribution in [0.15, 0.2) is 92.6 Å². The minimum absolute atomic E-state index is 0.0283. The molecule has 0 saturated carbocycles. The molecule has 11 nitrogen and oxygen atoms in total. The minimum atomic E-state index is -3.99. The molecule has 1 N–H and O–H groups in total. The first-order valence-corrected chi connectivity index (χ1v) is 17.1. The maximum absolute atomic E-state index is 14.1. The predicted octanol–water partition coefficient (Wildman–Crippen LogP) is 5.78. The number of aromatic nitrogens is 4. The number of sulfone groups is 1. The molecule has 0 amide bonds. The molecular formula is C34H38N6O5S. The number of hydrogen-bond acceptors (Lipinski definition) is 10. The summed E-state index contributed by atoms with van der Waals surface area (Å²) in [6.07, 6.45) is 9.59. The van der Waals surface area contributed by atoms with Gasteiger partial charge in [-0.2, -0.15) is 4.98 Å². The van der Waals surface area contributed by atoms with Crippen molar-refractivity contribution in [3.63, 3.8) is 0 Å². The zero-order valence-electron chi connectivity index (χ0n) is 26.2. The molecule has 6 rings (SSSR count). The first-order valence-electron chi connectivity index (χ1n) is 15.6. The zero-order valence-corrected chi connectivity index (χ0v) is 27.0. The van der Waals surface area contributed by atoms with E-state index in [0.29, 0.717) is 28.1 Å². The molecular weight excluding hydrogens is 604 g/mol. The Morgan fingerprint density at radius 3 is 2.46 bits per heavy atom. The normalized spacial score (nSPS) is 14.6. The zero-order chi connectivity index (χ0) is 32.3. The molecule has 1 aliphatic heterocycles. The van der Waals surface area contributed by atoms with Gasteiger partial charge in [0.25, 0.3) is 5.56 Å². The summed E-state index contributed by atoms with van der Waals surface area (Å²) in [5, 5.41) is 3.69. The van der Waals surface area contributed by atoms with Crippen LogP contribution in [0.3, 0.4) is 0 Å². The van der Waals surface area contributed by atoms with Crippen molar-refractivity contribution in [2.45, 2.75) is 68.1 Å². The molecule has 1 aliphatic rings. The van der Waals surface area contributed by atoms with Crippen molar-refractivity contribution in [3.8, 4) is 5.75 Å². The lowest BCUT2D eigenvalue weighted by atomic mass is 9.94. The van der Waals surface area contributed by atoms with Crippen molar-refractivity contribution >= 4 is 32.5 Å². The van der Waals surface area contributed by atoms with Crippen LogP contribution in [0.4, 0.5) is 11.6 Å².